The van der Waals surface area contributed by atoms with Crippen molar-refractivity contribution in [2.75, 3.05) is 6.26 Å². The highest BCUT2D eigenvalue weighted by Crippen LogP contribution is 2.30. The van der Waals surface area contributed by atoms with Gasteiger partial charge in [-0.2, -0.15) is 0 Å². The van der Waals surface area contributed by atoms with Gasteiger partial charge in [0.25, 0.3) is 0 Å². The summed E-state index contributed by atoms with van der Waals surface area (Å²) in [7, 11) is -3.26. The van der Waals surface area contributed by atoms with Crippen LogP contribution >= 0.6 is 11.8 Å². The molecule has 0 unspecified atom stereocenters. The SMILES string of the molecule is CS(=O)(=O)c1ccc(Sc2ccc(C(=O)O)cc2F)cc1. The number of hydrogen-bond acceptors (Lipinski definition) is 4. The van der Waals surface area contributed by atoms with Gasteiger partial charge in [-0.1, -0.05) is 11.8 Å². The summed E-state index contributed by atoms with van der Waals surface area (Å²) < 4.78 is 36.5. The Bertz CT molecular complexity index is 783. The molecule has 0 aliphatic rings. The first-order chi connectivity index (χ1) is 9.77. The standard InChI is InChI=1S/C14H11FO4S2/c1-21(18,19)11-5-3-10(4-6-11)20-13-7-2-9(14(16)17)8-12(13)15/h2-8H,1H3,(H,16,17). The fraction of sp³-hybridized carbons (Fsp3) is 0.0714. The molecule has 110 valence electrons. The average molecular weight is 326 g/mol. The number of benzene rings is 2. The average Bonchev–Trinajstić information content (AvgIpc) is 2.40. The smallest absolute Gasteiger partial charge is 0.335 e. The normalized spacial score (nSPS) is 11.3. The quantitative estimate of drug-likeness (QED) is 0.935. The molecule has 2 aromatic carbocycles. The molecule has 0 bridgehead atoms. The van der Waals surface area contributed by atoms with E-state index in [0.717, 1.165) is 24.1 Å². The van der Waals surface area contributed by atoms with Crippen molar-refractivity contribution in [2.45, 2.75) is 14.7 Å². The van der Waals surface area contributed by atoms with Gasteiger partial charge in [-0.15, -0.1) is 0 Å². The van der Waals surface area contributed by atoms with Crippen LogP contribution in [0.2, 0.25) is 0 Å². The second-order valence-corrected chi connectivity index (χ2v) is 7.43. The van der Waals surface area contributed by atoms with Crippen LogP contribution in [0.4, 0.5) is 4.39 Å². The zero-order valence-corrected chi connectivity index (χ0v) is 12.5. The maximum absolute atomic E-state index is 13.8. The van der Waals surface area contributed by atoms with Gasteiger partial charge >= 0.3 is 5.97 Å². The second-order valence-electron chi connectivity index (χ2n) is 4.30. The van der Waals surface area contributed by atoms with Crippen molar-refractivity contribution < 1.29 is 22.7 Å². The summed E-state index contributed by atoms with van der Waals surface area (Å²) in [5.41, 5.74) is -0.121. The number of carboxylic acid groups (broad SMARTS) is 1. The number of aromatic carboxylic acids is 1. The molecule has 2 rings (SSSR count). The van der Waals surface area contributed by atoms with Gasteiger partial charge < -0.3 is 5.11 Å². The topological polar surface area (TPSA) is 71.4 Å². The summed E-state index contributed by atoms with van der Waals surface area (Å²) >= 11 is 1.09. The van der Waals surface area contributed by atoms with Crippen LogP contribution in [-0.2, 0) is 9.84 Å². The van der Waals surface area contributed by atoms with Crippen LogP contribution in [0.5, 0.6) is 0 Å². The summed E-state index contributed by atoms with van der Waals surface area (Å²) in [6.45, 7) is 0. The van der Waals surface area contributed by atoms with E-state index in [-0.39, 0.29) is 15.4 Å². The Kier molecular flexibility index (Phi) is 4.34. The number of rotatable bonds is 4. The maximum Gasteiger partial charge on any atom is 0.335 e. The van der Waals surface area contributed by atoms with Crippen LogP contribution in [-0.4, -0.2) is 25.7 Å². The van der Waals surface area contributed by atoms with Crippen molar-refractivity contribution in [1.82, 2.24) is 0 Å². The van der Waals surface area contributed by atoms with Crippen molar-refractivity contribution in [3.63, 3.8) is 0 Å². The Balaban J connectivity index is 2.24. The lowest BCUT2D eigenvalue weighted by Gasteiger charge is -2.05. The van der Waals surface area contributed by atoms with Crippen molar-refractivity contribution >= 4 is 27.6 Å². The molecule has 21 heavy (non-hydrogen) atoms. The van der Waals surface area contributed by atoms with Crippen molar-refractivity contribution in [3.05, 3.63) is 53.8 Å². The third kappa shape index (κ3) is 3.83. The van der Waals surface area contributed by atoms with Gasteiger partial charge in [-0.3, -0.25) is 0 Å². The molecule has 0 fully saturated rings. The Labute approximate surface area is 125 Å². The number of halogens is 1. The Hall–Kier alpha value is -1.86. The van der Waals surface area contributed by atoms with E-state index in [0.29, 0.717) is 4.90 Å². The number of sulfone groups is 1. The molecule has 0 saturated carbocycles. The third-order valence-corrected chi connectivity index (χ3v) is 4.85. The molecule has 0 atom stereocenters. The minimum absolute atomic E-state index is 0.121. The molecule has 0 radical (unpaired) electrons. The van der Waals surface area contributed by atoms with Gasteiger partial charge in [-0.05, 0) is 42.5 Å². The van der Waals surface area contributed by atoms with E-state index in [2.05, 4.69) is 0 Å². The lowest BCUT2D eigenvalue weighted by atomic mass is 10.2. The van der Waals surface area contributed by atoms with Gasteiger partial charge in [-0.25, -0.2) is 17.6 Å². The predicted molar refractivity (Wildman–Crippen MR) is 77.0 cm³/mol. The van der Waals surface area contributed by atoms with Crippen LogP contribution in [0, 0.1) is 5.82 Å². The molecule has 0 spiro atoms. The molecule has 0 saturated heterocycles. The fourth-order valence-corrected chi connectivity index (χ4v) is 3.05. The number of hydrogen-bond donors (Lipinski definition) is 1. The van der Waals surface area contributed by atoms with Crippen LogP contribution in [0.25, 0.3) is 0 Å². The molecule has 0 heterocycles. The molecule has 0 aliphatic carbocycles. The molecule has 0 aromatic heterocycles. The fourth-order valence-electron chi connectivity index (χ4n) is 1.60. The zero-order chi connectivity index (χ0) is 15.6. The van der Waals surface area contributed by atoms with E-state index < -0.39 is 21.6 Å². The molecule has 2 aromatic rings. The first kappa shape index (κ1) is 15.5. The molecule has 7 heteroatoms. The van der Waals surface area contributed by atoms with Gasteiger partial charge in [0.2, 0.25) is 0 Å². The Morgan fingerprint density at radius 1 is 1.14 bits per heavy atom. The lowest BCUT2D eigenvalue weighted by molar-refractivity contribution is 0.0696. The van der Waals surface area contributed by atoms with Gasteiger partial charge in [0, 0.05) is 16.0 Å². The summed E-state index contributed by atoms with van der Waals surface area (Å²) in [5, 5.41) is 8.77. The van der Waals surface area contributed by atoms with Crippen molar-refractivity contribution in [3.8, 4) is 0 Å². The lowest BCUT2D eigenvalue weighted by Crippen LogP contribution is -1.97. The summed E-state index contributed by atoms with van der Waals surface area (Å²) in [6, 6.07) is 9.70. The summed E-state index contributed by atoms with van der Waals surface area (Å²) in [6.07, 6.45) is 1.11. The van der Waals surface area contributed by atoms with Gasteiger partial charge in [0.15, 0.2) is 9.84 Å². The highest BCUT2D eigenvalue weighted by molar-refractivity contribution is 7.99. The summed E-state index contributed by atoms with van der Waals surface area (Å²) in [5.74, 6) is -1.82. The molecule has 1 N–H and O–H groups in total. The molecular formula is C14H11FO4S2. The van der Waals surface area contributed by atoms with E-state index >= 15 is 0 Å². The van der Waals surface area contributed by atoms with E-state index in [9.17, 15) is 17.6 Å². The minimum atomic E-state index is -3.26. The minimum Gasteiger partial charge on any atom is -0.478 e. The number of carboxylic acids is 1. The monoisotopic (exact) mass is 326 g/mol. The number of carbonyl (C=O) groups is 1. The maximum atomic E-state index is 13.8. The van der Waals surface area contributed by atoms with Crippen LogP contribution in [0.1, 0.15) is 10.4 Å². The molecular weight excluding hydrogens is 315 g/mol. The Morgan fingerprint density at radius 3 is 2.24 bits per heavy atom. The second kappa shape index (κ2) is 5.87. The molecule has 0 aliphatic heterocycles. The van der Waals surface area contributed by atoms with E-state index in [1.165, 1.54) is 24.3 Å². The van der Waals surface area contributed by atoms with Crippen LogP contribution in [0.15, 0.2) is 57.2 Å². The van der Waals surface area contributed by atoms with Gasteiger partial charge in [0.1, 0.15) is 5.82 Å². The van der Waals surface area contributed by atoms with Crippen molar-refractivity contribution in [2.24, 2.45) is 0 Å². The third-order valence-electron chi connectivity index (χ3n) is 2.66. The first-order valence-corrected chi connectivity index (χ1v) is 8.49. The largest absolute Gasteiger partial charge is 0.478 e. The highest BCUT2D eigenvalue weighted by atomic mass is 32.2. The zero-order valence-electron chi connectivity index (χ0n) is 10.9. The van der Waals surface area contributed by atoms with E-state index in [4.69, 9.17) is 5.11 Å². The van der Waals surface area contributed by atoms with Gasteiger partial charge in [0.05, 0.1) is 10.5 Å². The van der Waals surface area contributed by atoms with Crippen LogP contribution in [0.3, 0.4) is 0 Å². The van der Waals surface area contributed by atoms with E-state index in [1.54, 1.807) is 12.1 Å². The first-order valence-electron chi connectivity index (χ1n) is 5.78. The highest BCUT2D eigenvalue weighted by Gasteiger charge is 2.11. The van der Waals surface area contributed by atoms with Crippen LogP contribution < -0.4 is 0 Å². The Morgan fingerprint density at radius 2 is 1.76 bits per heavy atom. The van der Waals surface area contributed by atoms with Crippen molar-refractivity contribution in [1.29, 1.82) is 0 Å². The predicted octanol–water partition coefficient (Wildman–Crippen LogP) is 3.08. The summed E-state index contributed by atoms with van der Waals surface area (Å²) in [4.78, 5) is 11.8. The van der Waals surface area contributed by atoms with E-state index in [1.807, 2.05) is 0 Å². The molecule has 0 amide bonds. The molecule has 4 nitrogen and oxygen atoms in total.